The molecule has 1 aromatic heterocycles. The lowest BCUT2D eigenvalue weighted by molar-refractivity contribution is -0.146. The lowest BCUT2D eigenvalue weighted by Crippen LogP contribution is -2.49. The number of anilines is 1. The number of esters is 1. The Morgan fingerprint density at radius 2 is 2.18 bits per heavy atom. The molecule has 0 aliphatic rings. The zero-order valence-corrected chi connectivity index (χ0v) is 11.2. The Balaban J connectivity index is 2.99. The topological polar surface area (TPSA) is 111 Å². The molecule has 1 heterocycles. The maximum absolute atomic E-state index is 11.9. The van der Waals surface area contributed by atoms with Crippen LogP contribution in [0, 0.1) is 0 Å². The Bertz CT molecular complexity index is 521. The van der Waals surface area contributed by atoms with Gasteiger partial charge in [0.25, 0.3) is 10.0 Å². The molecule has 0 fully saturated rings. The van der Waals surface area contributed by atoms with Gasteiger partial charge in [0.15, 0.2) is 9.34 Å². The largest absolute Gasteiger partial charge is 0.468 e. The molecule has 3 N–H and O–H groups in total. The highest BCUT2D eigenvalue weighted by Crippen LogP contribution is 2.21. The van der Waals surface area contributed by atoms with Crippen molar-refractivity contribution in [2.24, 2.45) is 0 Å². The van der Waals surface area contributed by atoms with E-state index in [2.05, 4.69) is 14.4 Å². The molecule has 0 atom stereocenters. The number of sulfonamides is 1. The van der Waals surface area contributed by atoms with Crippen molar-refractivity contribution in [1.82, 2.24) is 9.71 Å². The van der Waals surface area contributed by atoms with Gasteiger partial charge in [-0.05, 0) is 13.8 Å². The number of thiazole rings is 1. The first-order valence-corrected chi connectivity index (χ1v) is 6.83. The van der Waals surface area contributed by atoms with E-state index in [1.807, 2.05) is 0 Å². The van der Waals surface area contributed by atoms with Gasteiger partial charge in [0, 0.05) is 0 Å². The van der Waals surface area contributed by atoms with E-state index in [-0.39, 0.29) is 9.34 Å². The second-order valence-corrected chi connectivity index (χ2v) is 6.71. The van der Waals surface area contributed by atoms with Gasteiger partial charge < -0.3 is 10.5 Å². The molecule has 7 nitrogen and oxygen atoms in total. The zero-order valence-electron chi connectivity index (χ0n) is 9.55. The smallest absolute Gasteiger partial charge is 0.326 e. The van der Waals surface area contributed by atoms with Gasteiger partial charge in [-0.3, -0.25) is 4.79 Å². The molecule has 1 rings (SSSR count). The van der Waals surface area contributed by atoms with Crippen molar-refractivity contribution >= 4 is 32.5 Å². The summed E-state index contributed by atoms with van der Waals surface area (Å²) in [7, 11) is -2.64. The summed E-state index contributed by atoms with van der Waals surface area (Å²) in [5.74, 6) is -0.682. The average molecular weight is 279 g/mol. The normalized spacial score (nSPS) is 12.4. The van der Waals surface area contributed by atoms with E-state index in [0.29, 0.717) is 0 Å². The molecule has 0 aromatic carbocycles. The minimum absolute atomic E-state index is 0.0491. The van der Waals surface area contributed by atoms with Crippen LogP contribution < -0.4 is 10.5 Å². The fourth-order valence-electron chi connectivity index (χ4n) is 1.08. The second-order valence-electron chi connectivity index (χ2n) is 3.74. The van der Waals surface area contributed by atoms with Gasteiger partial charge in [-0.1, -0.05) is 11.3 Å². The van der Waals surface area contributed by atoms with Crippen LogP contribution in [0.2, 0.25) is 0 Å². The Hall–Kier alpha value is -1.19. The lowest BCUT2D eigenvalue weighted by atomic mass is 10.1. The third kappa shape index (κ3) is 3.14. The Morgan fingerprint density at radius 3 is 2.59 bits per heavy atom. The SMILES string of the molecule is COC(=O)C(C)(C)NS(=O)(=O)c1cnc(N)s1. The van der Waals surface area contributed by atoms with Crippen LogP contribution in [0.3, 0.4) is 0 Å². The van der Waals surface area contributed by atoms with E-state index >= 15 is 0 Å². The molecule has 17 heavy (non-hydrogen) atoms. The van der Waals surface area contributed by atoms with Gasteiger partial charge in [0.2, 0.25) is 0 Å². The van der Waals surface area contributed by atoms with E-state index in [0.717, 1.165) is 17.5 Å². The summed E-state index contributed by atoms with van der Waals surface area (Å²) < 4.78 is 30.4. The Kier molecular flexibility index (Phi) is 3.74. The molecular weight excluding hydrogens is 266 g/mol. The number of carbonyl (C=O) groups excluding carboxylic acids is 1. The summed E-state index contributed by atoms with van der Waals surface area (Å²) in [5, 5.41) is 0.140. The highest BCUT2D eigenvalue weighted by molar-refractivity contribution is 7.91. The zero-order chi connectivity index (χ0) is 13.3. The van der Waals surface area contributed by atoms with Gasteiger partial charge in [-0.25, -0.2) is 13.4 Å². The van der Waals surface area contributed by atoms with E-state index in [9.17, 15) is 13.2 Å². The first-order valence-electron chi connectivity index (χ1n) is 4.53. The quantitative estimate of drug-likeness (QED) is 0.748. The fraction of sp³-hybridized carbons (Fsp3) is 0.500. The highest BCUT2D eigenvalue weighted by Gasteiger charge is 2.34. The molecule has 0 amide bonds. The molecule has 0 spiro atoms. The lowest BCUT2D eigenvalue weighted by Gasteiger charge is -2.22. The standard InChI is InChI=1S/C8H13N3O4S2/c1-8(2,6(12)15-3)11-17(13,14)5-4-10-7(9)16-5/h4,11H,1-3H3,(H2,9,10). The number of ether oxygens (including phenoxy) is 1. The van der Waals surface area contributed by atoms with Crippen LogP contribution in [0.25, 0.3) is 0 Å². The van der Waals surface area contributed by atoms with E-state index in [1.165, 1.54) is 21.0 Å². The van der Waals surface area contributed by atoms with Crippen LogP contribution in [-0.2, 0) is 19.6 Å². The molecule has 0 radical (unpaired) electrons. The van der Waals surface area contributed by atoms with Crippen LogP contribution in [-0.4, -0.2) is 32.0 Å². The number of rotatable bonds is 4. The maximum Gasteiger partial charge on any atom is 0.326 e. The molecule has 96 valence electrons. The van der Waals surface area contributed by atoms with Crippen molar-refractivity contribution in [2.75, 3.05) is 12.8 Å². The third-order valence-corrected chi connectivity index (χ3v) is 4.80. The summed E-state index contributed by atoms with van der Waals surface area (Å²) in [6.45, 7) is 2.81. The van der Waals surface area contributed by atoms with Crippen LogP contribution in [0.1, 0.15) is 13.8 Å². The molecule has 0 saturated heterocycles. The van der Waals surface area contributed by atoms with Crippen molar-refractivity contribution in [2.45, 2.75) is 23.6 Å². The maximum atomic E-state index is 11.9. The Labute approximate surface area is 103 Å². The highest BCUT2D eigenvalue weighted by atomic mass is 32.2. The van der Waals surface area contributed by atoms with E-state index < -0.39 is 21.5 Å². The fourth-order valence-corrected chi connectivity index (χ4v) is 3.36. The molecule has 1 aromatic rings. The molecule has 9 heteroatoms. The number of nitrogens with two attached hydrogens (primary N) is 1. The van der Waals surface area contributed by atoms with Crippen LogP contribution in [0.4, 0.5) is 5.13 Å². The summed E-state index contributed by atoms with van der Waals surface area (Å²) in [4.78, 5) is 15.0. The van der Waals surface area contributed by atoms with Crippen LogP contribution >= 0.6 is 11.3 Å². The predicted octanol–water partition coefficient (Wildman–Crippen LogP) is -0.0448. The summed E-state index contributed by atoms with van der Waals surface area (Å²) in [5.41, 5.74) is 3.99. The number of nitrogens with one attached hydrogen (secondary N) is 1. The number of hydrogen-bond acceptors (Lipinski definition) is 7. The van der Waals surface area contributed by atoms with Crippen LogP contribution in [0.5, 0.6) is 0 Å². The van der Waals surface area contributed by atoms with Gasteiger partial charge in [-0.2, -0.15) is 4.72 Å². The average Bonchev–Trinajstić information content (AvgIpc) is 2.62. The summed E-state index contributed by atoms with van der Waals surface area (Å²) >= 11 is 0.819. The number of nitrogens with zero attached hydrogens (tertiary/aromatic N) is 1. The number of carbonyl (C=O) groups is 1. The van der Waals surface area contributed by atoms with Gasteiger partial charge >= 0.3 is 5.97 Å². The van der Waals surface area contributed by atoms with Crippen molar-refractivity contribution in [3.8, 4) is 0 Å². The minimum Gasteiger partial charge on any atom is -0.468 e. The molecule has 0 saturated carbocycles. The number of methoxy groups -OCH3 is 1. The predicted molar refractivity (Wildman–Crippen MR) is 62.9 cm³/mol. The van der Waals surface area contributed by atoms with E-state index in [1.54, 1.807) is 0 Å². The Morgan fingerprint density at radius 1 is 1.59 bits per heavy atom. The van der Waals surface area contributed by atoms with Gasteiger partial charge in [-0.15, -0.1) is 0 Å². The number of nitrogen functional groups attached to an aromatic ring is 1. The number of hydrogen-bond donors (Lipinski definition) is 2. The first-order chi connectivity index (χ1) is 7.69. The number of aromatic nitrogens is 1. The van der Waals surface area contributed by atoms with Crippen LogP contribution in [0.15, 0.2) is 10.4 Å². The first kappa shape index (κ1) is 13.9. The van der Waals surface area contributed by atoms with Gasteiger partial charge in [0.1, 0.15) is 5.54 Å². The monoisotopic (exact) mass is 279 g/mol. The van der Waals surface area contributed by atoms with Crippen molar-refractivity contribution in [3.05, 3.63) is 6.20 Å². The summed E-state index contributed by atoms with van der Waals surface area (Å²) in [6.07, 6.45) is 1.13. The van der Waals surface area contributed by atoms with E-state index in [4.69, 9.17) is 5.73 Å². The summed E-state index contributed by atoms with van der Waals surface area (Å²) in [6, 6.07) is 0. The molecular formula is C8H13N3O4S2. The molecule has 0 aliphatic carbocycles. The molecule has 0 unspecified atom stereocenters. The van der Waals surface area contributed by atoms with Gasteiger partial charge in [0.05, 0.1) is 13.3 Å². The van der Waals surface area contributed by atoms with Crippen molar-refractivity contribution in [3.63, 3.8) is 0 Å². The van der Waals surface area contributed by atoms with Crippen molar-refractivity contribution in [1.29, 1.82) is 0 Å². The minimum atomic E-state index is -3.83. The second kappa shape index (κ2) is 4.59. The molecule has 0 aliphatic heterocycles. The van der Waals surface area contributed by atoms with Crippen molar-refractivity contribution < 1.29 is 17.9 Å². The third-order valence-electron chi connectivity index (χ3n) is 1.85. The molecule has 0 bridgehead atoms.